The van der Waals surface area contributed by atoms with Crippen molar-refractivity contribution in [3.8, 4) is 0 Å². The fourth-order valence-corrected chi connectivity index (χ4v) is 5.40. The van der Waals surface area contributed by atoms with Gasteiger partial charge in [0.25, 0.3) is 5.91 Å². The van der Waals surface area contributed by atoms with Crippen LogP contribution in [0.15, 0.2) is 30.9 Å². The van der Waals surface area contributed by atoms with E-state index in [9.17, 15) is 14.4 Å². The van der Waals surface area contributed by atoms with Crippen LogP contribution in [0.4, 0.5) is 11.5 Å². The van der Waals surface area contributed by atoms with Gasteiger partial charge in [-0.05, 0) is 32.4 Å². The number of carbonyl (C=O) groups excluding carboxylic acids is 3. The Bertz CT molecular complexity index is 1490. The maximum atomic E-state index is 12.6. The van der Waals surface area contributed by atoms with Gasteiger partial charge < -0.3 is 35.9 Å². The zero-order valence-electron chi connectivity index (χ0n) is 22.0. The normalized spacial score (nSPS) is 24.5. The van der Waals surface area contributed by atoms with Gasteiger partial charge in [0.15, 0.2) is 23.5 Å². The van der Waals surface area contributed by atoms with E-state index in [1.54, 1.807) is 29.1 Å². The van der Waals surface area contributed by atoms with Gasteiger partial charge in [0, 0.05) is 42.7 Å². The average molecular weight is 551 g/mol. The predicted octanol–water partition coefficient (Wildman–Crippen LogP) is 0.995. The molecule has 6 rings (SSSR count). The summed E-state index contributed by atoms with van der Waals surface area (Å²) in [6, 6.07) is 5.21. The summed E-state index contributed by atoms with van der Waals surface area (Å²) in [5, 5.41) is 8.48. The van der Waals surface area contributed by atoms with Crippen molar-refractivity contribution in [2.45, 2.75) is 70.0 Å². The molecule has 1 aromatic carbocycles. The molecule has 14 nitrogen and oxygen atoms in total. The molecule has 2 fully saturated rings. The van der Waals surface area contributed by atoms with Gasteiger partial charge in [-0.25, -0.2) is 15.0 Å². The summed E-state index contributed by atoms with van der Waals surface area (Å²) in [5.74, 6) is -1.15. The maximum Gasteiger partial charge on any atom is 0.251 e. The van der Waals surface area contributed by atoms with Gasteiger partial charge in [0.05, 0.1) is 6.33 Å². The number of rotatable bonds is 8. The second-order valence-electron chi connectivity index (χ2n) is 10.4. The second-order valence-corrected chi connectivity index (χ2v) is 10.4. The van der Waals surface area contributed by atoms with Gasteiger partial charge in [-0.3, -0.25) is 19.0 Å². The molecule has 5 heterocycles. The number of carbonyl (C=O) groups is 3. The van der Waals surface area contributed by atoms with Gasteiger partial charge in [-0.15, -0.1) is 0 Å². The number of aromatic nitrogens is 4. The highest BCUT2D eigenvalue weighted by molar-refractivity contribution is 6.02. The average Bonchev–Trinajstić information content (AvgIpc) is 3.66. The Labute approximate surface area is 229 Å². The van der Waals surface area contributed by atoms with E-state index in [0.29, 0.717) is 35.4 Å². The number of benzene rings is 1. The van der Waals surface area contributed by atoms with Crippen molar-refractivity contribution in [2.75, 3.05) is 17.6 Å². The first kappa shape index (κ1) is 26.1. The molecule has 2 saturated heterocycles. The number of hydrogen-bond acceptors (Lipinski definition) is 10. The highest BCUT2D eigenvalue weighted by Gasteiger charge is 2.56. The summed E-state index contributed by atoms with van der Waals surface area (Å²) in [6.45, 7) is 4.23. The number of fused-ring (bicyclic) bond motifs is 3. The van der Waals surface area contributed by atoms with E-state index in [0.717, 1.165) is 5.56 Å². The zero-order chi connectivity index (χ0) is 28.0. The zero-order valence-corrected chi connectivity index (χ0v) is 22.0. The lowest BCUT2D eigenvalue weighted by Crippen LogP contribution is -2.39. The molecule has 0 saturated carbocycles. The third kappa shape index (κ3) is 4.85. The molecule has 210 valence electrons. The van der Waals surface area contributed by atoms with Crippen LogP contribution in [0.1, 0.15) is 55.3 Å². The fourth-order valence-electron chi connectivity index (χ4n) is 5.40. The summed E-state index contributed by atoms with van der Waals surface area (Å²) < 4.78 is 20.3. The molecule has 4 atom stereocenters. The summed E-state index contributed by atoms with van der Waals surface area (Å²) >= 11 is 0. The number of anilines is 2. The summed E-state index contributed by atoms with van der Waals surface area (Å²) in [4.78, 5) is 49.5. The van der Waals surface area contributed by atoms with E-state index in [2.05, 4.69) is 30.9 Å². The first-order valence-electron chi connectivity index (χ1n) is 13.1. The molecule has 14 heteroatoms. The number of ether oxygens (including phenoxy) is 3. The van der Waals surface area contributed by atoms with Crippen LogP contribution in [0, 0.1) is 0 Å². The van der Waals surface area contributed by atoms with Gasteiger partial charge in [-0.2, -0.15) is 0 Å². The first-order chi connectivity index (χ1) is 19.2. The number of nitrogens with one attached hydrogen (secondary N) is 3. The van der Waals surface area contributed by atoms with E-state index in [4.69, 9.17) is 19.9 Å². The topological polar surface area (TPSA) is 185 Å². The molecule has 2 aromatic heterocycles. The molecule has 3 amide bonds. The quantitative estimate of drug-likeness (QED) is 0.315. The molecule has 3 aliphatic rings. The van der Waals surface area contributed by atoms with E-state index in [-0.39, 0.29) is 42.9 Å². The van der Waals surface area contributed by atoms with Crippen molar-refractivity contribution >= 4 is 40.4 Å². The lowest BCUT2D eigenvalue weighted by atomic mass is 10.1. The Morgan fingerprint density at radius 2 is 1.95 bits per heavy atom. The van der Waals surface area contributed by atoms with Gasteiger partial charge in [0.2, 0.25) is 11.8 Å². The fraction of sp³-hybridized carbons (Fsp3) is 0.462. The van der Waals surface area contributed by atoms with Crippen LogP contribution in [0.2, 0.25) is 0 Å². The lowest BCUT2D eigenvalue weighted by Gasteiger charge is -2.25. The molecule has 0 aliphatic carbocycles. The Morgan fingerprint density at radius 1 is 1.15 bits per heavy atom. The second kappa shape index (κ2) is 10.1. The first-order valence-corrected chi connectivity index (χ1v) is 13.1. The van der Waals surface area contributed by atoms with Crippen molar-refractivity contribution in [1.29, 1.82) is 0 Å². The minimum absolute atomic E-state index is 0.151. The standard InChI is InChI=1S/C26H30N8O6/c1-26(2)39-20-16(38-25(21(20)40-26)34-12-32-19-22(27)30-11-31-23(19)34)10-28-17(35)7-4-8-18(36)33-15-6-3-5-13-14(15)9-29-24(13)37/h3,5-6,11-12,16,20-21,25H,4,7-10H2,1-2H3,(H,28,35)(H,29,37)(H,33,36)(H2,27,30,31)/t16-,20-,21-,25-/m1/s1. The summed E-state index contributed by atoms with van der Waals surface area (Å²) in [6.07, 6.45) is 1.65. The highest BCUT2D eigenvalue weighted by atomic mass is 16.8. The van der Waals surface area contributed by atoms with Crippen molar-refractivity contribution < 1.29 is 28.6 Å². The lowest BCUT2D eigenvalue weighted by molar-refractivity contribution is -0.195. The molecule has 40 heavy (non-hydrogen) atoms. The molecular formula is C26H30N8O6. The molecule has 3 aromatic rings. The number of amides is 3. The predicted molar refractivity (Wildman–Crippen MR) is 141 cm³/mol. The number of nitrogens with zero attached hydrogens (tertiary/aromatic N) is 4. The Balaban J connectivity index is 1.03. The van der Waals surface area contributed by atoms with Gasteiger partial charge >= 0.3 is 0 Å². The van der Waals surface area contributed by atoms with Gasteiger partial charge in [0.1, 0.15) is 30.2 Å². The van der Waals surface area contributed by atoms with Crippen molar-refractivity contribution in [1.82, 2.24) is 30.2 Å². The molecule has 0 bridgehead atoms. The molecule has 0 radical (unpaired) electrons. The van der Waals surface area contributed by atoms with Crippen LogP contribution in [-0.4, -0.2) is 67.9 Å². The summed E-state index contributed by atoms with van der Waals surface area (Å²) in [5.41, 5.74) is 8.85. The molecule has 0 unspecified atom stereocenters. The maximum absolute atomic E-state index is 12.6. The summed E-state index contributed by atoms with van der Waals surface area (Å²) in [7, 11) is 0. The van der Waals surface area contributed by atoms with Crippen LogP contribution in [0.25, 0.3) is 11.2 Å². The van der Waals surface area contributed by atoms with Gasteiger partial charge in [-0.1, -0.05) is 6.07 Å². The number of imidazole rings is 1. The molecule has 0 spiro atoms. The third-order valence-electron chi connectivity index (χ3n) is 7.22. The monoisotopic (exact) mass is 550 g/mol. The molecule has 5 N–H and O–H groups in total. The minimum atomic E-state index is -0.834. The van der Waals surface area contributed by atoms with E-state index >= 15 is 0 Å². The van der Waals surface area contributed by atoms with Crippen LogP contribution in [0.5, 0.6) is 0 Å². The highest BCUT2D eigenvalue weighted by Crippen LogP contribution is 2.43. The van der Waals surface area contributed by atoms with Crippen LogP contribution >= 0.6 is 0 Å². The number of nitrogens with two attached hydrogens (primary N) is 1. The number of nitrogen functional groups attached to an aromatic ring is 1. The largest absolute Gasteiger partial charge is 0.382 e. The Morgan fingerprint density at radius 3 is 2.80 bits per heavy atom. The van der Waals surface area contributed by atoms with E-state index in [1.165, 1.54) is 6.33 Å². The third-order valence-corrected chi connectivity index (χ3v) is 7.22. The van der Waals surface area contributed by atoms with E-state index < -0.39 is 30.3 Å². The molecular weight excluding hydrogens is 520 g/mol. The smallest absolute Gasteiger partial charge is 0.251 e. The minimum Gasteiger partial charge on any atom is -0.382 e. The van der Waals surface area contributed by atoms with E-state index in [1.807, 2.05) is 13.8 Å². The Hall–Kier alpha value is -4.14. The molecule has 3 aliphatic heterocycles. The van der Waals surface area contributed by atoms with Crippen molar-refractivity contribution in [3.63, 3.8) is 0 Å². The Kier molecular flexibility index (Phi) is 6.60. The van der Waals surface area contributed by atoms with Crippen molar-refractivity contribution in [2.24, 2.45) is 0 Å². The number of hydrogen-bond donors (Lipinski definition) is 4. The SMILES string of the molecule is CC1(C)O[C@@H]2[C@H](O1)[C@@H](CNC(=O)CCCC(=O)Nc1cccc3c1CNC3=O)O[C@H]2n1cnc2c(N)ncnc21. The van der Waals surface area contributed by atoms with Crippen LogP contribution < -0.4 is 21.7 Å². The van der Waals surface area contributed by atoms with Crippen LogP contribution in [-0.2, 0) is 30.3 Å². The van der Waals surface area contributed by atoms with Crippen molar-refractivity contribution in [3.05, 3.63) is 42.0 Å². The van der Waals surface area contributed by atoms with Crippen LogP contribution in [0.3, 0.4) is 0 Å².